The average Bonchev–Trinajstić information content (AvgIpc) is 3.11. The van der Waals surface area contributed by atoms with Gasteiger partial charge in [-0.3, -0.25) is 15.1 Å². The Balaban J connectivity index is 0.000000410. The van der Waals surface area contributed by atoms with Gasteiger partial charge in [0, 0.05) is 0 Å². The molecular formula is C58H91AlOP2. The van der Waals surface area contributed by atoms with Crippen LogP contribution in [0.5, 0.6) is 0 Å². The topological polar surface area (TPSA) is 20.2 Å². The number of rotatable bonds is 4. The molecule has 4 aromatic carbocycles. The molecule has 0 aliphatic heterocycles. The second-order valence-electron chi connectivity index (χ2n) is 26.0. The zero-order valence-corrected chi connectivity index (χ0v) is 47.5. The van der Waals surface area contributed by atoms with Crippen molar-refractivity contribution in [3.05, 3.63) is 117 Å². The first kappa shape index (κ1) is 56.1. The minimum atomic E-state index is -1.14. The Kier molecular flexibility index (Phi) is 17.9. The van der Waals surface area contributed by atoms with Crippen molar-refractivity contribution >= 4 is 65.5 Å². The molecule has 0 aliphatic rings. The van der Waals surface area contributed by atoms with Gasteiger partial charge in [-0.2, -0.15) is 0 Å². The Labute approximate surface area is 394 Å². The van der Waals surface area contributed by atoms with Gasteiger partial charge in [-0.1, -0.05) is 261 Å². The van der Waals surface area contributed by atoms with Crippen molar-refractivity contribution in [3.8, 4) is 0 Å². The first-order valence-corrected chi connectivity index (χ1v) is 26.8. The molecule has 1 nitrogen and oxygen atoms in total. The molecule has 0 fully saturated rings. The van der Waals surface area contributed by atoms with Crippen molar-refractivity contribution in [2.45, 2.75) is 209 Å². The fourth-order valence-electron chi connectivity index (χ4n) is 7.87. The fraction of sp³-hybridized carbons (Fsp3) is 0.552. The zero-order chi connectivity index (χ0) is 48.6. The Morgan fingerprint density at radius 2 is 0.435 bits per heavy atom. The molecule has 1 N–H and O–H groups in total. The summed E-state index contributed by atoms with van der Waals surface area (Å²) in [5.74, 6) is 0. The van der Waals surface area contributed by atoms with E-state index in [0.29, 0.717) is 0 Å². The second kappa shape index (κ2) is 19.8. The van der Waals surface area contributed by atoms with Gasteiger partial charge in [-0.05, 0) is 65.6 Å². The van der Waals surface area contributed by atoms with Crippen LogP contribution < -0.4 is 21.2 Å². The van der Waals surface area contributed by atoms with Gasteiger partial charge >= 0.3 is 20.8 Å². The Morgan fingerprint density at radius 1 is 0.290 bits per heavy atom. The van der Waals surface area contributed by atoms with Crippen LogP contribution in [0.4, 0.5) is 0 Å². The monoisotopic (exact) mass is 893 g/mol. The summed E-state index contributed by atoms with van der Waals surface area (Å²) in [4.78, 5) is 0. The predicted octanol–water partition coefficient (Wildman–Crippen LogP) is 14.0. The van der Waals surface area contributed by atoms with Crippen molar-refractivity contribution in [2.75, 3.05) is 0 Å². The summed E-state index contributed by atoms with van der Waals surface area (Å²) in [7, 11) is -2.28. The second-order valence-corrected chi connectivity index (χ2v) is 30.1. The number of hydrogen-bond acceptors (Lipinski definition) is 1. The van der Waals surface area contributed by atoms with Crippen LogP contribution in [0.25, 0.3) is 0 Å². The predicted molar refractivity (Wildman–Crippen MR) is 293 cm³/mol. The molecule has 0 bridgehead atoms. The molecule has 4 heteroatoms. The summed E-state index contributed by atoms with van der Waals surface area (Å²) in [6.07, 6.45) is 9.62. The van der Waals surface area contributed by atoms with E-state index in [0.717, 1.165) is 0 Å². The maximum absolute atomic E-state index is 6.92. The van der Waals surface area contributed by atoms with Gasteiger partial charge in [0.05, 0.1) is 0 Å². The molecule has 342 valence electrons. The molecule has 0 aliphatic carbocycles. The van der Waals surface area contributed by atoms with Crippen molar-refractivity contribution < 1.29 is 4.16 Å². The molecular weight excluding hydrogens is 802 g/mol. The first-order chi connectivity index (χ1) is 27.7. The molecule has 0 atom stereocenters. The molecule has 62 heavy (non-hydrogen) atoms. The Morgan fingerprint density at radius 3 is 0.548 bits per heavy atom. The van der Waals surface area contributed by atoms with Crippen molar-refractivity contribution in [2.24, 2.45) is 0 Å². The normalized spacial score (nSPS) is 13.4. The van der Waals surface area contributed by atoms with Crippen molar-refractivity contribution in [1.29, 1.82) is 0 Å². The Hall–Kier alpha value is -2.03. The first-order valence-electron chi connectivity index (χ1n) is 22.9. The van der Waals surface area contributed by atoms with E-state index < -0.39 is 15.1 Å². The average molecular weight is 893 g/mol. The van der Waals surface area contributed by atoms with Gasteiger partial charge in [-0.15, -0.1) is 21.2 Å². The number of hydrogen-bond donors (Lipinski definition) is 1. The third-order valence-electron chi connectivity index (χ3n) is 12.1. The summed E-state index contributed by atoms with van der Waals surface area (Å²) in [6, 6.07) is 28.7. The van der Waals surface area contributed by atoms with E-state index in [9.17, 15) is 0 Å². The standard InChI is InChI=1S/2C29H45P.Al.H2O/c2*1-26(2,3)20-14-16-24(22(18-20)28(7,8)9)30(13)25-17-15-21(27(4,5)6)19-23(25)29(10,11)12;;/h2*14-19,30H,13H2,1-12H3;;1H2/q2*-1;+3;/p-1. The third kappa shape index (κ3) is 14.5. The molecule has 0 saturated carbocycles. The summed E-state index contributed by atoms with van der Waals surface area (Å²) >= 11 is 1.42. The van der Waals surface area contributed by atoms with Gasteiger partial charge in [-0.25, -0.2) is 12.6 Å². The van der Waals surface area contributed by atoms with Crippen LogP contribution in [0.2, 0.25) is 0 Å². The zero-order valence-electron chi connectivity index (χ0n) is 44.4. The van der Waals surface area contributed by atoms with E-state index in [2.05, 4.69) is 239 Å². The van der Waals surface area contributed by atoms with E-state index in [1.807, 2.05) is 0 Å². The molecule has 0 radical (unpaired) electrons. The molecule has 0 amide bonds. The van der Waals surface area contributed by atoms with Gasteiger partial charge in [0.1, 0.15) is 0 Å². The summed E-state index contributed by atoms with van der Waals surface area (Å²) in [5, 5.41) is 5.81. The van der Waals surface area contributed by atoms with Crippen LogP contribution in [0.1, 0.15) is 211 Å². The van der Waals surface area contributed by atoms with Gasteiger partial charge in [0.2, 0.25) is 0 Å². The molecule has 0 aromatic heterocycles. The molecule has 0 heterocycles. The fourth-order valence-corrected chi connectivity index (χ4v) is 12.7. The molecule has 4 rings (SSSR count). The van der Waals surface area contributed by atoms with Crippen molar-refractivity contribution in [3.63, 3.8) is 0 Å². The minimum absolute atomic E-state index is 0.0947. The molecule has 4 aromatic rings. The van der Waals surface area contributed by atoms with Gasteiger partial charge in [0.25, 0.3) is 0 Å². The van der Waals surface area contributed by atoms with E-state index in [1.54, 1.807) is 0 Å². The summed E-state index contributed by atoms with van der Waals surface area (Å²) < 4.78 is 6.92. The van der Waals surface area contributed by atoms with Crippen LogP contribution in [0.15, 0.2) is 72.8 Å². The molecule has 0 spiro atoms. The van der Waals surface area contributed by atoms with Gasteiger partial charge in [0.15, 0.2) is 0 Å². The van der Waals surface area contributed by atoms with E-state index in [1.165, 1.54) is 82.3 Å². The van der Waals surface area contributed by atoms with Crippen LogP contribution in [0, 0.1) is 0 Å². The summed E-state index contributed by atoms with van der Waals surface area (Å²) in [6.45, 7) is 55.6. The van der Waals surface area contributed by atoms with Gasteiger partial charge < -0.3 is 0 Å². The maximum atomic E-state index is 6.92. The Bertz CT molecular complexity index is 1880. The van der Waals surface area contributed by atoms with E-state index in [-0.39, 0.29) is 43.3 Å². The van der Waals surface area contributed by atoms with Crippen LogP contribution in [-0.2, 0) is 43.3 Å². The molecule has 0 saturated heterocycles. The summed E-state index contributed by atoms with van der Waals surface area (Å²) in [5.41, 5.74) is 12.4. The molecule has 0 unspecified atom stereocenters. The third-order valence-corrected chi connectivity index (χ3v) is 16.4. The number of benzene rings is 4. The quantitative estimate of drug-likeness (QED) is 0.160. The van der Waals surface area contributed by atoms with Crippen LogP contribution in [-0.4, -0.2) is 33.4 Å². The van der Waals surface area contributed by atoms with E-state index >= 15 is 0 Å². The van der Waals surface area contributed by atoms with Crippen LogP contribution >= 0.6 is 15.1 Å². The van der Waals surface area contributed by atoms with Crippen LogP contribution in [0.3, 0.4) is 0 Å². The van der Waals surface area contributed by atoms with Crippen molar-refractivity contribution in [1.82, 2.24) is 0 Å². The SMILES string of the molecule is C=[PH-](c1ccc(C(C)(C)C)cc1C(C)(C)C)c1ccc(C(C)(C)C)cc1C(C)(C)C.C=[PH-](c1ccc(C(C)(C)C)cc1C(C)(C)C)c1ccc(C(C)(C)C)cc1C(C)(C)C.[OH][Al+2]. The van der Waals surface area contributed by atoms with E-state index in [4.69, 9.17) is 16.8 Å².